The molecule has 1 aromatic heterocycles. The third kappa shape index (κ3) is 5.62. The zero-order valence-electron chi connectivity index (χ0n) is 19.1. The molecule has 3 aromatic carbocycles. The number of nitrogens with one attached hydrogen (secondary N) is 2. The Morgan fingerprint density at radius 1 is 1.06 bits per heavy atom. The zero-order valence-corrected chi connectivity index (χ0v) is 20.7. The third-order valence-electron chi connectivity index (χ3n) is 5.52. The van der Waals surface area contributed by atoms with Crippen LogP contribution in [0.3, 0.4) is 0 Å². The van der Waals surface area contributed by atoms with Crippen LogP contribution in [0.5, 0.6) is 0 Å². The van der Waals surface area contributed by atoms with Gasteiger partial charge in [-0.3, -0.25) is 14.5 Å². The van der Waals surface area contributed by atoms with Crippen LogP contribution in [0.1, 0.15) is 12.5 Å². The molecule has 0 aliphatic carbocycles. The summed E-state index contributed by atoms with van der Waals surface area (Å²) in [5, 5.41) is 7.09. The fourth-order valence-corrected chi connectivity index (χ4v) is 4.67. The summed E-state index contributed by atoms with van der Waals surface area (Å²) in [6.45, 7) is 3.88. The number of rotatable bonds is 7. The Balaban J connectivity index is 1.35. The monoisotopic (exact) mass is 492 g/mol. The van der Waals surface area contributed by atoms with E-state index in [-0.39, 0.29) is 18.4 Å². The van der Waals surface area contributed by atoms with Crippen molar-refractivity contribution in [1.82, 2.24) is 9.88 Å². The van der Waals surface area contributed by atoms with Gasteiger partial charge in [-0.1, -0.05) is 29.8 Å². The minimum atomic E-state index is -0.510. The second-order valence-electron chi connectivity index (χ2n) is 8.18. The standard InChI is InChI=1S/C26H25ClN4O2S/c1-16-8-13-22-23(14-16)34-26(30-22)18-9-11-19(12-10-18)28-25(33)17(2)31(3)15-24(32)29-21-7-5-4-6-20(21)27/h4-14,17H,15H2,1-3H3,(H,28,33)(H,29,32)/t17-/m1/s1. The van der Waals surface area contributed by atoms with Crippen LogP contribution >= 0.6 is 22.9 Å². The minimum Gasteiger partial charge on any atom is -0.325 e. The Morgan fingerprint density at radius 3 is 2.53 bits per heavy atom. The second kappa shape index (κ2) is 10.3. The number of halogens is 1. The zero-order chi connectivity index (χ0) is 24.2. The third-order valence-corrected chi connectivity index (χ3v) is 6.92. The van der Waals surface area contributed by atoms with Crippen LogP contribution in [0.15, 0.2) is 66.7 Å². The first-order valence-electron chi connectivity index (χ1n) is 10.8. The molecule has 4 rings (SSSR count). The van der Waals surface area contributed by atoms with Gasteiger partial charge in [-0.15, -0.1) is 11.3 Å². The smallest absolute Gasteiger partial charge is 0.241 e. The molecule has 8 heteroatoms. The minimum absolute atomic E-state index is 0.0514. The summed E-state index contributed by atoms with van der Waals surface area (Å²) in [4.78, 5) is 31.5. The van der Waals surface area contributed by atoms with Gasteiger partial charge in [0.05, 0.1) is 33.5 Å². The van der Waals surface area contributed by atoms with Gasteiger partial charge in [-0.2, -0.15) is 0 Å². The molecule has 0 saturated carbocycles. The molecule has 0 radical (unpaired) electrons. The predicted octanol–water partition coefficient (Wildman–Crippen LogP) is 5.82. The van der Waals surface area contributed by atoms with Crippen molar-refractivity contribution < 1.29 is 9.59 Å². The van der Waals surface area contributed by atoms with Crippen LogP contribution < -0.4 is 10.6 Å². The number of anilines is 2. The summed E-state index contributed by atoms with van der Waals surface area (Å²) < 4.78 is 1.16. The number of fused-ring (bicyclic) bond motifs is 1. The first-order valence-corrected chi connectivity index (χ1v) is 12.0. The van der Waals surface area contributed by atoms with E-state index < -0.39 is 6.04 Å². The highest BCUT2D eigenvalue weighted by atomic mass is 35.5. The van der Waals surface area contributed by atoms with Crippen molar-refractivity contribution in [3.8, 4) is 10.6 Å². The highest BCUT2D eigenvalue weighted by molar-refractivity contribution is 7.21. The number of benzene rings is 3. The van der Waals surface area contributed by atoms with E-state index in [1.165, 1.54) is 5.56 Å². The molecule has 6 nitrogen and oxygen atoms in total. The second-order valence-corrected chi connectivity index (χ2v) is 9.61. The maximum absolute atomic E-state index is 12.7. The maximum atomic E-state index is 12.7. The van der Waals surface area contributed by atoms with Crippen LogP contribution in [0.2, 0.25) is 5.02 Å². The van der Waals surface area contributed by atoms with Crippen LogP contribution in [0.25, 0.3) is 20.8 Å². The Hall–Kier alpha value is -3.26. The maximum Gasteiger partial charge on any atom is 0.241 e. The molecule has 0 fully saturated rings. The van der Waals surface area contributed by atoms with Crippen molar-refractivity contribution >= 4 is 56.3 Å². The van der Waals surface area contributed by atoms with E-state index in [0.29, 0.717) is 16.4 Å². The van der Waals surface area contributed by atoms with E-state index in [2.05, 4.69) is 29.7 Å². The number of hydrogen-bond donors (Lipinski definition) is 2. The fraction of sp³-hybridized carbons (Fsp3) is 0.192. The number of para-hydroxylation sites is 1. The molecule has 2 N–H and O–H groups in total. The van der Waals surface area contributed by atoms with Crippen LogP contribution in [0.4, 0.5) is 11.4 Å². The van der Waals surface area contributed by atoms with E-state index in [1.807, 2.05) is 30.3 Å². The summed E-state index contributed by atoms with van der Waals surface area (Å²) in [6, 6.07) is 20.4. The Bertz CT molecular complexity index is 1340. The SMILES string of the molecule is Cc1ccc2nc(-c3ccc(NC(=O)[C@@H](C)N(C)CC(=O)Nc4ccccc4Cl)cc3)sc2c1. The molecule has 0 bridgehead atoms. The summed E-state index contributed by atoms with van der Waals surface area (Å²) >= 11 is 7.74. The molecule has 0 spiro atoms. The molecule has 0 aliphatic heterocycles. The topological polar surface area (TPSA) is 74.3 Å². The lowest BCUT2D eigenvalue weighted by Crippen LogP contribution is -2.43. The number of aromatic nitrogens is 1. The normalized spacial score (nSPS) is 12.0. The van der Waals surface area contributed by atoms with Crippen molar-refractivity contribution in [2.45, 2.75) is 19.9 Å². The van der Waals surface area contributed by atoms with Crippen molar-refractivity contribution in [2.24, 2.45) is 0 Å². The number of amides is 2. The molecular weight excluding hydrogens is 468 g/mol. The lowest BCUT2D eigenvalue weighted by molar-refractivity contribution is -0.122. The first-order chi connectivity index (χ1) is 16.3. The Labute approximate surface area is 207 Å². The van der Waals surface area contributed by atoms with Gasteiger partial charge in [0.15, 0.2) is 0 Å². The Morgan fingerprint density at radius 2 is 1.79 bits per heavy atom. The number of thiazole rings is 1. The van der Waals surface area contributed by atoms with Gasteiger partial charge in [-0.25, -0.2) is 4.98 Å². The van der Waals surface area contributed by atoms with E-state index >= 15 is 0 Å². The number of hydrogen-bond acceptors (Lipinski definition) is 5. The summed E-state index contributed by atoms with van der Waals surface area (Å²) in [6.07, 6.45) is 0. The molecule has 34 heavy (non-hydrogen) atoms. The number of nitrogens with zero attached hydrogens (tertiary/aromatic N) is 2. The van der Waals surface area contributed by atoms with E-state index in [4.69, 9.17) is 16.6 Å². The number of likely N-dealkylation sites (N-methyl/N-ethyl adjacent to an activating group) is 1. The van der Waals surface area contributed by atoms with Crippen LogP contribution in [-0.4, -0.2) is 41.3 Å². The number of aryl methyl sites for hydroxylation is 1. The molecule has 1 atom stereocenters. The van der Waals surface area contributed by atoms with Crippen molar-refractivity contribution in [1.29, 1.82) is 0 Å². The van der Waals surface area contributed by atoms with Gasteiger partial charge < -0.3 is 10.6 Å². The molecule has 0 saturated heterocycles. The highest BCUT2D eigenvalue weighted by Gasteiger charge is 2.20. The van der Waals surface area contributed by atoms with E-state index in [0.717, 1.165) is 20.8 Å². The van der Waals surface area contributed by atoms with Crippen molar-refractivity contribution in [2.75, 3.05) is 24.2 Å². The van der Waals surface area contributed by atoms with Gasteiger partial charge in [-0.05, 0) is 75.0 Å². The lowest BCUT2D eigenvalue weighted by Gasteiger charge is -2.23. The molecule has 1 heterocycles. The van der Waals surface area contributed by atoms with E-state index in [9.17, 15) is 9.59 Å². The average Bonchev–Trinajstić information content (AvgIpc) is 3.23. The van der Waals surface area contributed by atoms with Gasteiger partial charge in [0, 0.05) is 11.3 Å². The molecule has 174 valence electrons. The summed E-state index contributed by atoms with van der Waals surface area (Å²) in [7, 11) is 1.73. The number of carbonyl (C=O) groups excluding carboxylic acids is 2. The van der Waals surface area contributed by atoms with Gasteiger partial charge in [0.25, 0.3) is 0 Å². The van der Waals surface area contributed by atoms with E-state index in [1.54, 1.807) is 54.5 Å². The van der Waals surface area contributed by atoms with Crippen LogP contribution in [-0.2, 0) is 9.59 Å². The summed E-state index contributed by atoms with van der Waals surface area (Å²) in [5.41, 5.74) is 4.42. The van der Waals surface area contributed by atoms with Gasteiger partial charge in [0.2, 0.25) is 11.8 Å². The quantitative estimate of drug-likeness (QED) is 0.341. The van der Waals surface area contributed by atoms with Gasteiger partial charge in [0.1, 0.15) is 5.01 Å². The lowest BCUT2D eigenvalue weighted by atomic mass is 10.2. The Kier molecular flexibility index (Phi) is 7.26. The first kappa shape index (κ1) is 23.9. The largest absolute Gasteiger partial charge is 0.325 e. The molecule has 0 unspecified atom stereocenters. The molecular formula is C26H25ClN4O2S. The van der Waals surface area contributed by atoms with Crippen LogP contribution in [0, 0.1) is 6.92 Å². The molecule has 4 aromatic rings. The molecule has 0 aliphatic rings. The number of carbonyl (C=O) groups is 2. The summed E-state index contributed by atoms with van der Waals surface area (Å²) in [5.74, 6) is -0.443. The predicted molar refractivity (Wildman–Crippen MR) is 141 cm³/mol. The van der Waals surface area contributed by atoms with Crippen molar-refractivity contribution in [3.63, 3.8) is 0 Å². The average molecular weight is 493 g/mol. The van der Waals surface area contributed by atoms with Crippen molar-refractivity contribution in [3.05, 3.63) is 77.3 Å². The highest BCUT2D eigenvalue weighted by Crippen LogP contribution is 2.31. The van der Waals surface area contributed by atoms with Gasteiger partial charge >= 0.3 is 0 Å². The molecule has 2 amide bonds. The fourth-order valence-electron chi connectivity index (χ4n) is 3.41.